The summed E-state index contributed by atoms with van der Waals surface area (Å²) in [6.45, 7) is 1.39. The zero-order valence-corrected chi connectivity index (χ0v) is 19.8. The molecule has 0 N–H and O–H groups in total. The Morgan fingerprint density at radius 2 is 1.43 bits per heavy atom. The fraction of sp³-hybridized carbons (Fsp3) is 0.846. The van der Waals surface area contributed by atoms with Gasteiger partial charge < -0.3 is 0 Å². The number of carbonyl (C=O) groups excluding carboxylic acids is 2. The fourth-order valence-electron chi connectivity index (χ4n) is 1.51. The van der Waals surface area contributed by atoms with Crippen molar-refractivity contribution >= 4 is 66.6 Å². The molecule has 2 saturated heterocycles. The van der Waals surface area contributed by atoms with E-state index < -0.39 is 36.8 Å². The van der Waals surface area contributed by atoms with Gasteiger partial charge in [-0.1, -0.05) is 14.9 Å². The first-order valence-corrected chi connectivity index (χ1v) is 28.0. The number of hydrogen-bond acceptors (Lipinski definition) is 6. The third-order valence-corrected chi connectivity index (χ3v) is 27.1. The molecule has 2 rings (SSSR count). The van der Waals surface area contributed by atoms with E-state index in [1.165, 1.54) is 8.87 Å². The summed E-state index contributed by atoms with van der Waals surface area (Å²) >= 11 is -2.39. The quantitative estimate of drug-likeness (QED) is 0.341. The van der Waals surface area contributed by atoms with E-state index in [0.29, 0.717) is 25.4 Å². The van der Waals surface area contributed by atoms with Crippen molar-refractivity contribution in [2.24, 2.45) is 0 Å². The average molecular weight is 552 g/mol. The Bertz CT molecular complexity index is 294. The molecule has 8 heteroatoms. The Labute approximate surface area is 149 Å². The van der Waals surface area contributed by atoms with Crippen LogP contribution in [0.2, 0.25) is 18.8 Å². The van der Waals surface area contributed by atoms with Crippen LogP contribution in [-0.4, -0.2) is 73.4 Å². The van der Waals surface area contributed by atoms with E-state index in [-0.39, 0.29) is 26.8 Å². The van der Waals surface area contributed by atoms with Crippen molar-refractivity contribution < 1.29 is 19.1 Å². The molecule has 0 radical (unpaired) electrons. The van der Waals surface area contributed by atoms with Crippen LogP contribution in [0.15, 0.2) is 0 Å². The van der Waals surface area contributed by atoms with Gasteiger partial charge in [0.15, 0.2) is 0 Å². The molecule has 0 aromatic heterocycles. The Balaban J connectivity index is 0. The number of carbonyl (C=O) groups is 2. The number of hydrogen-bond donors (Lipinski definition) is 0. The molecule has 0 saturated carbocycles. The van der Waals surface area contributed by atoms with Gasteiger partial charge in [-0.3, -0.25) is 0 Å². The third kappa shape index (κ3) is 13.4. The summed E-state index contributed by atoms with van der Waals surface area (Å²) in [4.78, 5) is 26.1. The molecule has 0 aromatic rings. The van der Waals surface area contributed by atoms with Crippen LogP contribution >= 0.6 is 17.9 Å². The second kappa shape index (κ2) is 14.8. The van der Waals surface area contributed by atoms with Gasteiger partial charge in [-0.25, -0.2) is 0 Å². The zero-order valence-electron chi connectivity index (χ0n) is 11.6. The topological polar surface area (TPSA) is 52.6 Å². The summed E-state index contributed by atoms with van der Waals surface area (Å²) < 4.78 is 12.2. The third-order valence-electron chi connectivity index (χ3n) is 2.77. The van der Waals surface area contributed by atoms with Crippen molar-refractivity contribution in [3.8, 4) is 0 Å². The van der Waals surface area contributed by atoms with Crippen LogP contribution in [0.1, 0.15) is 21.3 Å². The predicted molar refractivity (Wildman–Crippen MR) is 101 cm³/mol. The number of cyclic esters (lactones) is 2. The molecule has 0 aliphatic carbocycles. The van der Waals surface area contributed by atoms with Crippen LogP contribution in [0.25, 0.3) is 0 Å². The fourth-order valence-corrected chi connectivity index (χ4v) is 17.8. The van der Waals surface area contributed by atoms with Crippen molar-refractivity contribution in [2.75, 3.05) is 24.7 Å². The van der Waals surface area contributed by atoms with Crippen LogP contribution in [0.3, 0.4) is 0 Å². The first kappa shape index (κ1) is 24.5. The molecule has 4 nitrogen and oxygen atoms in total. The molecule has 0 aromatic carbocycles. The Kier molecular flexibility index (Phi) is 17.3. The van der Waals surface area contributed by atoms with E-state index in [0.717, 1.165) is 5.75 Å². The van der Waals surface area contributed by atoms with Crippen molar-refractivity contribution in [2.45, 2.75) is 40.0 Å². The van der Waals surface area contributed by atoms with E-state index in [9.17, 15) is 9.59 Å². The second-order valence-electron chi connectivity index (χ2n) is 4.57. The van der Waals surface area contributed by atoms with Gasteiger partial charge in [0.2, 0.25) is 0 Å². The van der Waals surface area contributed by atoms with E-state index in [2.05, 4.69) is 18.8 Å². The Morgan fingerprint density at radius 1 is 0.905 bits per heavy atom. The Morgan fingerprint density at radius 3 is 2.05 bits per heavy atom. The van der Waals surface area contributed by atoms with Crippen molar-refractivity contribution in [1.29, 1.82) is 0 Å². The maximum atomic E-state index is 10.7. The summed E-state index contributed by atoms with van der Waals surface area (Å²) in [6, 6.07) is 0. The molecular weight excluding hydrogens is 522 g/mol. The zero-order chi connectivity index (χ0) is 14.1. The standard InChI is InChI=1S/C5H9O2S.C4H7O2S.2CH4.2CH3.2Sn.2H/c1-2-7-5(6)3-4-8;1-2-6-4(5)3-7;;;;;;;;/h8H,1-4H2;7H,1-3H2;2*1H4;2*1H3;;;;/q;;;;;;2*+1;;/p-2. The Hall–Kier alpha value is 1.24. The van der Waals surface area contributed by atoms with Gasteiger partial charge in [0.1, 0.15) is 0 Å². The van der Waals surface area contributed by atoms with Crippen molar-refractivity contribution in [3.63, 3.8) is 0 Å². The number of esters is 2. The van der Waals surface area contributed by atoms with Gasteiger partial charge in [0.05, 0.1) is 0 Å². The monoisotopic (exact) mass is 554 g/mol. The molecule has 0 amide bonds. The summed E-state index contributed by atoms with van der Waals surface area (Å²) in [7, 11) is 3.95. The summed E-state index contributed by atoms with van der Waals surface area (Å²) in [6.07, 6.45) is 0.631. The minimum atomic E-state index is -1.22. The van der Waals surface area contributed by atoms with Gasteiger partial charge >= 0.3 is 136 Å². The van der Waals surface area contributed by atoms with Gasteiger partial charge in [0, 0.05) is 0 Å². The minimum absolute atomic E-state index is 0. The molecule has 0 spiro atoms. The van der Waals surface area contributed by atoms with Gasteiger partial charge in [0.25, 0.3) is 0 Å². The van der Waals surface area contributed by atoms with Gasteiger partial charge in [-0.2, -0.15) is 0 Å². The van der Waals surface area contributed by atoms with Crippen LogP contribution in [0.5, 0.6) is 0 Å². The van der Waals surface area contributed by atoms with Gasteiger partial charge in [-0.15, -0.1) is 0 Å². The van der Waals surface area contributed by atoms with Crippen molar-refractivity contribution in [1.82, 2.24) is 0 Å². The van der Waals surface area contributed by atoms with E-state index in [4.69, 9.17) is 9.47 Å². The normalized spacial score (nSPS) is 26.0. The maximum absolute atomic E-state index is 10.7. The number of rotatable bonds is 0. The molecule has 126 valence electrons. The van der Waals surface area contributed by atoms with E-state index in [1.54, 1.807) is 0 Å². The van der Waals surface area contributed by atoms with Crippen LogP contribution in [0.4, 0.5) is 0 Å². The molecule has 2 fully saturated rings. The molecule has 21 heavy (non-hydrogen) atoms. The summed E-state index contributed by atoms with van der Waals surface area (Å²) in [5.74, 6) is 1.61. The average Bonchev–Trinajstić information content (AvgIpc) is 2.53. The predicted octanol–water partition coefficient (Wildman–Crippen LogP) is 2.92. The first-order valence-electron chi connectivity index (χ1n) is 6.62. The van der Waals surface area contributed by atoms with E-state index in [1.807, 2.05) is 8.95 Å². The molecule has 2 unspecified atom stereocenters. The molecular formula is C13H30O4S2Sn2. The van der Waals surface area contributed by atoms with Gasteiger partial charge in [-0.05, 0) is 0 Å². The SMILES string of the molecule is C.C.[CH3][SnH]1[CH2]COC(=O)CC[S]1.[CH3][SnH]1[CH2]COC(=O)C[S]1. The summed E-state index contributed by atoms with van der Waals surface area (Å²) in [5.41, 5.74) is 0. The van der Waals surface area contributed by atoms with Crippen LogP contribution in [0, 0.1) is 0 Å². The molecule has 2 aliphatic heterocycles. The molecule has 2 heterocycles. The second-order valence-corrected chi connectivity index (χ2v) is 35.0. The first-order chi connectivity index (χ1) is 9.08. The van der Waals surface area contributed by atoms with Crippen LogP contribution in [-0.2, 0) is 19.1 Å². The number of ether oxygens (including phenoxy) is 2. The molecule has 2 atom stereocenters. The molecule has 0 bridgehead atoms. The molecule has 2 aliphatic rings. The van der Waals surface area contributed by atoms with E-state index >= 15 is 0 Å². The van der Waals surface area contributed by atoms with Crippen LogP contribution < -0.4 is 0 Å². The van der Waals surface area contributed by atoms with Crippen molar-refractivity contribution in [3.05, 3.63) is 0 Å². The summed E-state index contributed by atoms with van der Waals surface area (Å²) in [5, 5.41) is 0.